The lowest BCUT2D eigenvalue weighted by atomic mass is 9.97. The number of fused-ring (bicyclic) bond motifs is 1. The molecule has 0 aromatic carbocycles. The van der Waals surface area contributed by atoms with E-state index in [0.29, 0.717) is 18.9 Å². The fraction of sp³-hybridized carbons (Fsp3) is 0.611. The number of nitrogens with zero attached hydrogens (tertiary/aromatic N) is 3. The molecule has 2 aromatic rings. The Labute approximate surface area is 156 Å². The highest BCUT2D eigenvalue weighted by Crippen LogP contribution is 2.18. The van der Waals surface area contributed by atoms with Crippen LogP contribution in [0.4, 0.5) is 0 Å². The van der Waals surface area contributed by atoms with E-state index in [1.165, 1.54) is 0 Å². The zero-order valence-corrected chi connectivity index (χ0v) is 15.6. The Morgan fingerprint density at radius 3 is 3.08 bits per heavy atom. The second-order valence-corrected chi connectivity index (χ2v) is 8.12. The van der Waals surface area contributed by atoms with E-state index >= 15 is 0 Å². The maximum Gasteiger partial charge on any atom is 0.237 e. The van der Waals surface area contributed by atoms with Crippen LogP contribution in [0.25, 0.3) is 4.96 Å². The lowest BCUT2D eigenvalue weighted by Crippen LogP contribution is -2.47. The van der Waals surface area contributed by atoms with E-state index in [9.17, 15) is 9.59 Å². The summed E-state index contributed by atoms with van der Waals surface area (Å²) >= 11 is 1.57. The molecule has 2 amide bonds. The molecule has 2 N–H and O–H groups in total. The molecule has 2 saturated heterocycles. The molecule has 2 fully saturated rings. The Balaban J connectivity index is 1.27. The number of hydrogen-bond donors (Lipinski definition) is 2. The zero-order chi connectivity index (χ0) is 17.9. The first-order chi connectivity index (χ1) is 12.7. The number of piperidine rings is 1. The van der Waals surface area contributed by atoms with Crippen LogP contribution in [-0.4, -0.2) is 58.3 Å². The number of imidazole rings is 1. The summed E-state index contributed by atoms with van der Waals surface area (Å²) in [5.74, 6) is 0.566. The van der Waals surface area contributed by atoms with Crippen LogP contribution in [0.3, 0.4) is 0 Å². The van der Waals surface area contributed by atoms with Crippen molar-refractivity contribution in [2.45, 2.75) is 38.1 Å². The van der Waals surface area contributed by atoms with Crippen molar-refractivity contribution in [1.29, 1.82) is 0 Å². The average Bonchev–Trinajstić information content (AvgIpc) is 3.37. The Hall–Kier alpha value is -1.93. The number of amides is 2. The highest BCUT2D eigenvalue weighted by atomic mass is 32.1. The second kappa shape index (κ2) is 7.75. The van der Waals surface area contributed by atoms with Gasteiger partial charge in [-0.1, -0.05) is 0 Å². The first-order valence-electron chi connectivity index (χ1n) is 9.39. The van der Waals surface area contributed by atoms with Crippen LogP contribution in [0.5, 0.6) is 0 Å². The normalized spacial score (nSPS) is 23.5. The van der Waals surface area contributed by atoms with Gasteiger partial charge in [-0.25, -0.2) is 4.98 Å². The van der Waals surface area contributed by atoms with Gasteiger partial charge in [0.2, 0.25) is 11.8 Å². The maximum absolute atomic E-state index is 12.6. The quantitative estimate of drug-likeness (QED) is 0.819. The minimum atomic E-state index is -0.0360. The Morgan fingerprint density at radius 1 is 1.35 bits per heavy atom. The third kappa shape index (κ3) is 3.91. The van der Waals surface area contributed by atoms with Gasteiger partial charge >= 0.3 is 0 Å². The molecule has 2 aliphatic heterocycles. The number of carbonyl (C=O) groups is 2. The molecule has 0 bridgehead atoms. The highest BCUT2D eigenvalue weighted by molar-refractivity contribution is 7.15. The van der Waals surface area contributed by atoms with Crippen LogP contribution < -0.4 is 10.6 Å². The molecule has 140 valence electrons. The minimum Gasteiger partial charge on any atom is -0.354 e. The van der Waals surface area contributed by atoms with E-state index in [-0.39, 0.29) is 17.9 Å². The van der Waals surface area contributed by atoms with Gasteiger partial charge in [-0.15, -0.1) is 11.3 Å². The van der Waals surface area contributed by atoms with Crippen molar-refractivity contribution in [3.63, 3.8) is 0 Å². The molecule has 26 heavy (non-hydrogen) atoms. The molecule has 0 radical (unpaired) electrons. The van der Waals surface area contributed by atoms with Gasteiger partial charge in [0.05, 0.1) is 18.2 Å². The maximum atomic E-state index is 12.6. The van der Waals surface area contributed by atoms with Gasteiger partial charge in [0.25, 0.3) is 0 Å². The van der Waals surface area contributed by atoms with E-state index in [2.05, 4.69) is 15.6 Å². The molecular formula is C18H25N5O2S. The SMILES string of the molecule is O=C(NCC1CCCN(C(=O)Cc2cn3ccsc3n2)C1)C1CCCN1. The number of thiazole rings is 1. The van der Waals surface area contributed by atoms with E-state index in [1.54, 1.807) is 11.3 Å². The van der Waals surface area contributed by atoms with Gasteiger partial charge in [-0.3, -0.25) is 14.0 Å². The number of likely N-dealkylation sites (tertiary alicyclic amines) is 1. The van der Waals surface area contributed by atoms with Gasteiger partial charge in [0.15, 0.2) is 4.96 Å². The molecule has 0 spiro atoms. The zero-order valence-electron chi connectivity index (χ0n) is 14.8. The summed E-state index contributed by atoms with van der Waals surface area (Å²) in [6, 6.07) is -0.0360. The molecule has 2 atom stereocenters. The monoisotopic (exact) mass is 375 g/mol. The third-order valence-electron chi connectivity index (χ3n) is 5.29. The second-order valence-electron chi connectivity index (χ2n) is 7.24. The molecule has 2 unspecified atom stereocenters. The molecule has 2 aromatic heterocycles. The predicted octanol–water partition coefficient (Wildman–Crippen LogP) is 1.05. The van der Waals surface area contributed by atoms with Crippen molar-refractivity contribution in [3.8, 4) is 0 Å². The fourth-order valence-electron chi connectivity index (χ4n) is 3.86. The Bertz CT molecular complexity index is 751. The summed E-state index contributed by atoms with van der Waals surface area (Å²) in [6.45, 7) is 3.10. The van der Waals surface area contributed by atoms with Crippen LogP contribution in [0.15, 0.2) is 17.8 Å². The van der Waals surface area contributed by atoms with Crippen LogP contribution in [0.2, 0.25) is 0 Å². The fourth-order valence-corrected chi connectivity index (χ4v) is 4.58. The van der Waals surface area contributed by atoms with Crippen LogP contribution in [-0.2, 0) is 16.0 Å². The lowest BCUT2D eigenvalue weighted by Gasteiger charge is -2.33. The number of nitrogens with one attached hydrogen (secondary N) is 2. The van der Waals surface area contributed by atoms with E-state index in [1.807, 2.05) is 27.1 Å². The van der Waals surface area contributed by atoms with Gasteiger partial charge < -0.3 is 15.5 Å². The molecule has 8 heteroatoms. The Kier molecular flexibility index (Phi) is 5.21. The molecule has 0 saturated carbocycles. The van der Waals surface area contributed by atoms with E-state index in [0.717, 1.165) is 56.0 Å². The van der Waals surface area contributed by atoms with E-state index < -0.39 is 0 Å². The Morgan fingerprint density at radius 2 is 2.27 bits per heavy atom. The third-order valence-corrected chi connectivity index (χ3v) is 6.06. The lowest BCUT2D eigenvalue weighted by molar-refractivity contribution is -0.132. The molecule has 4 rings (SSSR count). The summed E-state index contributed by atoms with van der Waals surface area (Å²) in [4.78, 5) is 32.1. The van der Waals surface area contributed by atoms with Crippen molar-refractivity contribution in [2.24, 2.45) is 5.92 Å². The summed E-state index contributed by atoms with van der Waals surface area (Å²) in [7, 11) is 0. The topological polar surface area (TPSA) is 78.7 Å². The molecule has 2 aliphatic rings. The predicted molar refractivity (Wildman–Crippen MR) is 100 cm³/mol. The summed E-state index contributed by atoms with van der Waals surface area (Å²) in [6.07, 6.45) is 8.27. The van der Waals surface area contributed by atoms with Crippen LogP contribution >= 0.6 is 11.3 Å². The van der Waals surface area contributed by atoms with Gasteiger partial charge in [-0.2, -0.15) is 0 Å². The summed E-state index contributed by atoms with van der Waals surface area (Å²) in [5, 5.41) is 8.27. The number of hydrogen-bond acceptors (Lipinski definition) is 5. The largest absolute Gasteiger partial charge is 0.354 e. The number of aromatic nitrogens is 2. The summed E-state index contributed by atoms with van der Waals surface area (Å²) in [5.41, 5.74) is 0.824. The van der Waals surface area contributed by atoms with Crippen molar-refractivity contribution >= 4 is 28.1 Å². The van der Waals surface area contributed by atoms with Crippen LogP contribution in [0, 0.1) is 5.92 Å². The van der Waals surface area contributed by atoms with Gasteiger partial charge in [-0.05, 0) is 38.1 Å². The molecular weight excluding hydrogens is 350 g/mol. The molecule has 4 heterocycles. The van der Waals surface area contributed by atoms with Crippen molar-refractivity contribution in [1.82, 2.24) is 24.9 Å². The first kappa shape index (κ1) is 17.5. The standard InChI is InChI=1S/C18H25N5O2S/c24-16(9-14-12-23-7-8-26-18(23)21-14)22-6-2-3-13(11-22)10-20-17(25)15-4-1-5-19-15/h7-8,12-13,15,19H,1-6,9-11H2,(H,20,25). The average molecular weight is 375 g/mol. The van der Waals surface area contributed by atoms with Crippen molar-refractivity contribution < 1.29 is 9.59 Å². The van der Waals surface area contributed by atoms with Gasteiger partial charge in [0, 0.05) is 37.4 Å². The minimum absolute atomic E-state index is 0.0360. The van der Waals surface area contributed by atoms with Crippen molar-refractivity contribution in [3.05, 3.63) is 23.5 Å². The molecule has 7 nitrogen and oxygen atoms in total. The van der Waals surface area contributed by atoms with E-state index in [4.69, 9.17) is 0 Å². The van der Waals surface area contributed by atoms with Crippen molar-refractivity contribution in [2.75, 3.05) is 26.2 Å². The highest BCUT2D eigenvalue weighted by Gasteiger charge is 2.26. The first-order valence-corrected chi connectivity index (χ1v) is 10.3. The van der Waals surface area contributed by atoms with Gasteiger partial charge in [0.1, 0.15) is 0 Å². The smallest absolute Gasteiger partial charge is 0.237 e. The number of carbonyl (C=O) groups excluding carboxylic acids is 2. The summed E-state index contributed by atoms with van der Waals surface area (Å²) < 4.78 is 1.96. The number of rotatable bonds is 5. The molecule has 0 aliphatic carbocycles. The van der Waals surface area contributed by atoms with Crippen LogP contribution in [0.1, 0.15) is 31.4 Å².